The number of carbonyl (C=O) groups excluding carboxylic acids is 5. The van der Waals surface area contributed by atoms with E-state index in [1.165, 1.54) is 0 Å². The Labute approximate surface area is 295 Å². The molecule has 3 saturated carbocycles. The van der Waals surface area contributed by atoms with E-state index in [4.69, 9.17) is 0 Å². The minimum atomic E-state index is -3.46. The van der Waals surface area contributed by atoms with E-state index in [9.17, 15) is 32.4 Å². The highest BCUT2D eigenvalue weighted by Crippen LogP contribution is 2.65. The number of carbonyl (C=O) groups is 5. The monoisotopic (exact) mass is 701 g/mol. The van der Waals surface area contributed by atoms with Gasteiger partial charge < -0.3 is 4.90 Å². The summed E-state index contributed by atoms with van der Waals surface area (Å²) in [6, 6.07) is -0.688. The Hall–Kier alpha value is -2.16. The van der Waals surface area contributed by atoms with Gasteiger partial charge in [0.05, 0.1) is 16.5 Å². The van der Waals surface area contributed by atoms with E-state index in [1.54, 1.807) is 31.7 Å². The third-order valence-corrected chi connectivity index (χ3v) is 15.4. The Morgan fingerprint density at radius 1 is 0.939 bits per heavy atom. The van der Waals surface area contributed by atoms with Crippen molar-refractivity contribution in [3.63, 3.8) is 0 Å². The number of Topliss-reactive ketones (excluding diaryl/α,β-unsaturated/α-hetero) is 4. The van der Waals surface area contributed by atoms with Crippen molar-refractivity contribution in [2.75, 3.05) is 12.3 Å². The Balaban J connectivity index is 1.55. The number of nitrogens with zero attached hydrogens (tertiary/aromatic N) is 1. The minimum absolute atomic E-state index is 0.00359. The van der Waals surface area contributed by atoms with Crippen LogP contribution in [0.3, 0.4) is 0 Å². The van der Waals surface area contributed by atoms with Gasteiger partial charge in [-0.15, -0.1) is 6.58 Å². The van der Waals surface area contributed by atoms with E-state index >= 15 is 0 Å². The zero-order chi connectivity index (χ0) is 36.7. The molecular weight excluding hydrogens is 639 g/mol. The van der Waals surface area contributed by atoms with Crippen molar-refractivity contribution in [2.45, 2.75) is 150 Å². The number of hydrogen-bond donors (Lipinski definition) is 0. The third-order valence-electron chi connectivity index (χ3n) is 12.5. The SMILES string of the molecule is C=CCCC(=O)C(=O)C(CC(=O)[C@@H]1[C@@H]2C(CN1C(=O)[C@@H](CC(=O)CC1(CS(=O)(=O)C(C)(C)C)CCCCC1)C(C)(C)C)C2(C)C)CC1CC1. The molecule has 0 aromatic rings. The van der Waals surface area contributed by atoms with Crippen molar-refractivity contribution in [1.29, 1.82) is 0 Å². The summed E-state index contributed by atoms with van der Waals surface area (Å²) in [6.07, 6.45) is 8.86. The van der Waals surface area contributed by atoms with Crippen LogP contribution >= 0.6 is 0 Å². The van der Waals surface area contributed by atoms with Gasteiger partial charge in [0, 0.05) is 44.1 Å². The van der Waals surface area contributed by atoms with Crippen molar-refractivity contribution in [3.8, 4) is 0 Å². The van der Waals surface area contributed by atoms with Crippen molar-refractivity contribution in [2.24, 2.45) is 45.8 Å². The molecule has 1 heterocycles. The van der Waals surface area contributed by atoms with Gasteiger partial charge in [-0.2, -0.15) is 0 Å². The quantitative estimate of drug-likeness (QED) is 0.117. The Kier molecular flexibility index (Phi) is 11.7. The maximum Gasteiger partial charge on any atom is 0.227 e. The van der Waals surface area contributed by atoms with Gasteiger partial charge in [0.1, 0.15) is 5.78 Å². The van der Waals surface area contributed by atoms with Crippen LogP contribution in [-0.2, 0) is 33.8 Å². The van der Waals surface area contributed by atoms with Crippen LogP contribution in [0, 0.1) is 45.8 Å². The van der Waals surface area contributed by atoms with Crippen LogP contribution in [0.25, 0.3) is 0 Å². The zero-order valence-electron chi connectivity index (χ0n) is 31.6. The van der Waals surface area contributed by atoms with Gasteiger partial charge in [-0.25, -0.2) is 8.42 Å². The summed E-state index contributed by atoms with van der Waals surface area (Å²) in [4.78, 5) is 70.6. The van der Waals surface area contributed by atoms with E-state index < -0.39 is 54.9 Å². The predicted molar refractivity (Wildman–Crippen MR) is 192 cm³/mol. The number of amides is 1. The largest absolute Gasteiger partial charge is 0.332 e. The molecule has 0 bridgehead atoms. The zero-order valence-corrected chi connectivity index (χ0v) is 32.4. The molecule has 4 aliphatic rings. The number of allylic oxidation sites excluding steroid dienone is 1. The van der Waals surface area contributed by atoms with Gasteiger partial charge in [-0.05, 0) is 80.5 Å². The summed E-state index contributed by atoms with van der Waals surface area (Å²) in [5.41, 5.74) is -1.33. The number of rotatable bonds is 17. The van der Waals surface area contributed by atoms with E-state index in [0.29, 0.717) is 38.1 Å². The van der Waals surface area contributed by atoms with Gasteiger partial charge in [0.25, 0.3) is 0 Å². The topological polar surface area (TPSA) is 123 Å². The smallest absolute Gasteiger partial charge is 0.227 e. The maximum absolute atomic E-state index is 14.6. The van der Waals surface area contributed by atoms with Crippen molar-refractivity contribution in [3.05, 3.63) is 12.7 Å². The Bertz CT molecular complexity index is 1420. The molecule has 2 unspecified atom stereocenters. The standard InChI is InChI=1S/C40H63NO7S/c1-10-11-15-31(43)35(45)27(20-26-16-17-26)21-32(44)34-33-30(39(33,8)9)24-41(34)36(46)29(37(2,3)4)22-28(42)23-40(18-13-12-14-19-40)25-49(47,48)38(5,6)7/h10,26-27,29-30,33-34H,1,11-25H2,2-9H3/t27?,29-,30?,33+,34-/m1/s1. The molecule has 4 rings (SSSR count). The van der Waals surface area contributed by atoms with Crippen molar-refractivity contribution in [1.82, 2.24) is 4.90 Å². The molecule has 0 N–H and O–H groups in total. The van der Waals surface area contributed by atoms with Gasteiger partial charge in [-0.3, -0.25) is 24.0 Å². The molecule has 8 nitrogen and oxygen atoms in total. The molecule has 3 aliphatic carbocycles. The molecule has 9 heteroatoms. The van der Waals surface area contributed by atoms with Crippen molar-refractivity contribution >= 4 is 38.9 Å². The van der Waals surface area contributed by atoms with E-state index in [1.807, 2.05) is 20.8 Å². The van der Waals surface area contributed by atoms with Crippen LogP contribution in [0.1, 0.15) is 139 Å². The summed E-state index contributed by atoms with van der Waals surface area (Å²) >= 11 is 0. The van der Waals surface area contributed by atoms with E-state index in [0.717, 1.165) is 32.1 Å². The number of ketones is 4. The molecular formula is C40H63NO7S. The number of fused-ring (bicyclic) bond motifs is 1. The van der Waals surface area contributed by atoms with Crippen LogP contribution in [0.4, 0.5) is 0 Å². The molecule has 1 amide bonds. The van der Waals surface area contributed by atoms with Crippen LogP contribution in [-0.4, -0.2) is 65.4 Å². The first-order valence-corrected chi connectivity index (χ1v) is 20.4. The van der Waals surface area contributed by atoms with Crippen LogP contribution in [0.15, 0.2) is 12.7 Å². The number of hydrogen-bond acceptors (Lipinski definition) is 7. The minimum Gasteiger partial charge on any atom is -0.332 e. The normalized spacial score (nSPS) is 26.0. The molecule has 276 valence electrons. The summed E-state index contributed by atoms with van der Waals surface area (Å²) < 4.78 is 25.8. The number of likely N-dealkylation sites (tertiary alicyclic amines) is 1. The summed E-state index contributed by atoms with van der Waals surface area (Å²) in [6.45, 7) is 19.3. The number of piperidine rings is 1. The first kappa shape index (κ1) is 39.6. The van der Waals surface area contributed by atoms with E-state index in [2.05, 4.69) is 20.4 Å². The maximum atomic E-state index is 14.6. The fourth-order valence-corrected chi connectivity index (χ4v) is 10.5. The molecule has 4 fully saturated rings. The van der Waals surface area contributed by atoms with Crippen LogP contribution < -0.4 is 0 Å². The molecule has 0 aromatic heterocycles. The first-order chi connectivity index (χ1) is 22.5. The average Bonchev–Trinajstić information content (AvgIpc) is 3.84. The van der Waals surface area contributed by atoms with Crippen LogP contribution in [0.5, 0.6) is 0 Å². The Morgan fingerprint density at radius 2 is 1.55 bits per heavy atom. The Morgan fingerprint density at radius 3 is 2.08 bits per heavy atom. The average molecular weight is 702 g/mol. The highest BCUT2D eigenvalue weighted by atomic mass is 32.2. The lowest BCUT2D eigenvalue weighted by molar-refractivity contribution is -0.148. The molecule has 49 heavy (non-hydrogen) atoms. The summed E-state index contributed by atoms with van der Waals surface area (Å²) in [5, 5.41) is 0. The first-order valence-electron chi connectivity index (χ1n) is 18.8. The third kappa shape index (κ3) is 9.02. The molecule has 1 aliphatic heterocycles. The second-order valence-corrected chi connectivity index (χ2v) is 21.6. The fraction of sp³-hybridized carbons (Fsp3) is 0.825. The van der Waals surface area contributed by atoms with Gasteiger partial charge in [0.15, 0.2) is 21.4 Å². The molecule has 5 atom stereocenters. The predicted octanol–water partition coefficient (Wildman–Crippen LogP) is 7.12. The molecule has 0 spiro atoms. The van der Waals surface area contributed by atoms with Crippen molar-refractivity contribution < 1.29 is 32.4 Å². The lowest BCUT2D eigenvalue weighted by Crippen LogP contribution is -2.51. The highest BCUT2D eigenvalue weighted by molar-refractivity contribution is 7.92. The molecule has 0 radical (unpaired) electrons. The van der Waals surface area contributed by atoms with E-state index in [-0.39, 0.29) is 66.2 Å². The number of sulfone groups is 1. The van der Waals surface area contributed by atoms with Gasteiger partial charge in [-0.1, -0.05) is 72.8 Å². The summed E-state index contributed by atoms with van der Waals surface area (Å²) in [7, 11) is -3.46. The van der Waals surface area contributed by atoms with Gasteiger partial charge in [0.2, 0.25) is 11.7 Å². The summed E-state index contributed by atoms with van der Waals surface area (Å²) in [5.74, 6) is -2.31. The molecule has 0 aromatic carbocycles. The molecule has 1 saturated heterocycles. The fourth-order valence-electron chi connectivity index (χ4n) is 8.85. The highest BCUT2D eigenvalue weighted by Gasteiger charge is 2.69. The lowest BCUT2D eigenvalue weighted by atomic mass is 9.70. The lowest BCUT2D eigenvalue weighted by Gasteiger charge is -2.40. The second kappa shape index (κ2) is 14.5. The second-order valence-electron chi connectivity index (χ2n) is 18.8. The van der Waals surface area contributed by atoms with Gasteiger partial charge >= 0.3 is 0 Å². The van der Waals surface area contributed by atoms with Crippen LogP contribution in [0.2, 0.25) is 0 Å².